The van der Waals surface area contributed by atoms with Crippen molar-refractivity contribution in [1.29, 1.82) is 0 Å². The summed E-state index contributed by atoms with van der Waals surface area (Å²) in [5.74, 6) is 0.933. The van der Waals surface area contributed by atoms with E-state index in [4.69, 9.17) is 5.73 Å². The predicted octanol–water partition coefficient (Wildman–Crippen LogP) is 1.79. The van der Waals surface area contributed by atoms with Crippen LogP contribution in [0, 0.1) is 13.8 Å². The largest absolute Gasteiger partial charge is 0.353 e. The van der Waals surface area contributed by atoms with Crippen LogP contribution in [-0.2, 0) is 6.54 Å². The third kappa shape index (κ3) is 2.32. The van der Waals surface area contributed by atoms with Gasteiger partial charge in [-0.25, -0.2) is 0 Å². The number of anilines is 1. The van der Waals surface area contributed by atoms with Gasteiger partial charge in [0.1, 0.15) is 0 Å². The molecule has 4 nitrogen and oxygen atoms in total. The lowest BCUT2D eigenvalue weighted by molar-refractivity contribution is 0.677. The minimum Gasteiger partial charge on any atom is -0.353 e. The molecule has 0 fully saturated rings. The normalized spacial score (nSPS) is 10.9. The summed E-state index contributed by atoms with van der Waals surface area (Å²) in [7, 11) is 0. The van der Waals surface area contributed by atoms with E-state index in [0.29, 0.717) is 12.6 Å². The molecule has 0 atom stereocenters. The van der Waals surface area contributed by atoms with E-state index in [2.05, 4.69) is 42.8 Å². The number of aryl methyl sites for hydroxylation is 1. The Morgan fingerprint density at radius 1 is 1.25 bits per heavy atom. The topological polar surface area (TPSA) is 55.0 Å². The molecule has 0 aromatic carbocycles. The molecule has 0 radical (unpaired) electrons. The molecule has 1 heterocycles. The molecular weight excluding hydrogens is 200 g/mol. The molecule has 1 rings (SSSR count). The Hall–Kier alpha value is -1.16. The summed E-state index contributed by atoms with van der Waals surface area (Å²) < 4.78 is 0. The van der Waals surface area contributed by atoms with Gasteiger partial charge in [-0.1, -0.05) is 0 Å². The third-order valence-corrected chi connectivity index (χ3v) is 3.00. The van der Waals surface area contributed by atoms with Crippen molar-refractivity contribution in [2.75, 3.05) is 11.4 Å². The highest BCUT2D eigenvalue weighted by atomic mass is 15.3. The van der Waals surface area contributed by atoms with Crippen LogP contribution in [0.1, 0.15) is 37.6 Å². The molecule has 0 amide bonds. The summed E-state index contributed by atoms with van der Waals surface area (Å²) in [5.41, 5.74) is 9.05. The van der Waals surface area contributed by atoms with Crippen molar-refractivity contribution < 1.29 is 0 Å². The lowest BCUT2D eigenvalue weighted by Crippen LogP contribution is -2.33. The Morgan fingerprint density at radius 2 is 1.88 bits per heavy atom. The van der Waals surface area contributed by atoms with E-state index >= 15 is 0 Å². The molecule has 90 valence electrons. The number of nitrogens with zero attached hydrogens (tertiary/aromatic N) is 3. The molecule has 1 aromatic rings. The lowest BCUT2D eigenvalue weighted by Gasteiger charge is -2.28. The molecule has 0 aliphatic heterocycles. The molecule has 0 spiro atoms. The van der Waals surface area contributed by atoms with Crippen LogP contribution in [0.15, 0.2) is 0 Å². The average molecular weight is 222 g/mol. The molecular formula is C12H22N4. The first-order chi connectivity index (χ1) is 7.52. The zero-order chi connectivity index (χ0) is 12.3. The quantitative estimate of drug-likeness (QED) is 0.843. The van der Waals surface area contributed by atoms with Gasteiger partial charge in [0.2, 0.25) is 0 Å². The second-order valence-corrected chi connectivity index (χ2v) is 4.30. The molecule has 0 saturated carbocycles. The summed E-state index contributed by atoms with van der Waals surface area (Å²) in [5, 5.41) is 8.49. The Kier molecular flexibility index (Phi) is 4.24. The smallest absolute Gasteiger partial charge is 0.156 e. The van der Waals surface area contributed by atoms with Crippen molar-refractivity contribution in [2.45, 2.75) is 47.2 Å². The van der Waals surface area contributed by atoms with E-state index in [0.717, 1.165) is 29.2 Å². The van der Waals surface area contributed by atoms with Crippen LogP contribution in [0.3, 0.4) is 0 Å². The Balaban J connectivity index is 3.27. The predicted molar refractivity (Wildman–Crippen MR) is 67.6 cm³/mol. The summed E-state index contributed by atoms with van der Waals surface area (Å²) in [6.45, 7) is 11.9. The van der Waals surface area contributed by atoms with Gasteiger partial charge in [0.15, 0.2) is 5.82 Å². The highest BCUT2D eigenvalue weighted by Crippen LogP contribution is 2.22. The standard InChI is InChI=1S/C12H22N4/c1-6-16(8(2)3)12-11(7-13)9(4)10(5)14-15-12/h8H,6-7,13H2,1-5H3. The van der Waals surface area contributed by atoms with E-state index in [9.17, 15) is 0 Å². The number of rotatable bonds is 4. The minimum absolute atomic E-state index is 0.409. The SMILES string of the molecule is CCN(c1nnc(C)c(C)c1CN)C(C)C. The van der Waals surface area contributed by atoms with E-state index in [1.165, 1.54) is 0 Å². The van der Waals surface area contributed by atoms with Gasteiger partial charge in [0.05, 0.1) is 5.69 Å². The molecule has 0 aliphatic rings. The lowest BCUT2D eigenvalue weighted by atomic mass is 10.1. The van der Waals surface area contributed by atoms with Crippen molar-refractivity contribution in [3.63, 3.8) is 0 Å². The highest BCUT2D eigenvalue weighted by Gasteiger charge is 2.17. The van der Waals surface area contributed by atoms with Gasteiger partial charge in [-0.3, -0.25) is 0 Å². The van der Waals surface area contributed by atoms with Crippen molar-refractivity contribution >= 4 is 5.82 Å². The van der Waals surface area contributed by atoms with Gasteiger partial charge in [-0.2, -0.15) is 5.10 Å². The maximum absolute atomic E-state index is 5.82. The number of nitrogens with two attached hydrogens (primary N) is 1. The van der Waals surface area contributed by atoms with Crippen LogP contribution in [0.4, 0.5) is 5.82 Å². The summed E-state index contributed by atoms with van der Waals surface area (Å²) >= 11 is 0. The highest BCUT2D eigenvalue weighted by molar-refractivity contribution is 5.51. The maximum atomic E-state index is 5.82. The van der Waals surface area contributed by atoms with Crippen molar-refractivity contribution in [3.05, 3.63) is 16.8 Å². The molecule has 0 unspecified atom stereocenters. The monoisotopic (exact) mass is 222 g/mol. The Bertz CT molecular complexity index is 360. The van der Waals surface area contributed by atoms with Crippen molar-refractivity contribution in [3.8, 4) is 0 Å². The van der Waals surface area contributed by atoms with Crippen LogP contribution in [0.25, 0.3) is 0 Å². The van der Waals surface area contributed by atoms with Gasteiger partial charge in [-0.15, -0.1) is 5.10 Å². The fourth-order valence-corrected chi connectivity index (χ4v) is 1.88. The molecule has 2 N–H and O–H groups in total. The number of aromatic nitrogens is 2. The zero-order valence-electron chi connectivity index (χ0n) is 10.9. The van der Waals surface area contributed by atoms with E-state index in [-0.39, 0.29) is 0 Å². The number of hydrogen-bond acceptors (Lipinski definition) is 4. The first kappa shape index (κ1) is 12.9. The summed E-state index contributed by atoms with van der Waals surface area (Å²) in [6.07, 6.45) is 0. The van der Waals surface area contributed by atoms with E-state index in [1.807, 2.05) is 6.92 Å². The molecule has 16 heavy (non-hydrogen) atoms. The Labute approximate surface area is 97.9 Å². The summed E-state index contributed by atoms with van der Waals surface area (Å²) in [6, 6.07) is 0.409. The number of hydrogen-bond donors (Lipinski definition) is 1. The molecule has 0 bridgehead atoms. The fraction of sp³-hybridized carbons (Fsp3) is 0.667. The molecule has 1 aromatic heterocycles. The molecule has 0 aliphatic carbocycles. The average Bonchev–Trinajstić information content (AvgIpc) is 2.24. The van der Waals surface area contributed by atoms with Gasteiger partial charge in [0.25, 0.3) is 0 Å². The van der Waals surface area contributed by atoms with Crippen LogP contribution in [-0.4, -0.2) is 22.8 Å². The van der Waals surface area contributed by atoms with Crippen LogP contribution in [0.5, 0.6) is 0 Å². The Morgan fingerprint density at radius 3 is 2.31 bits per heavy atom. The van der Waals surface area contributed by atoms with Gasteiger partial charge >= 0.3 is 0 Å². The third-order valence-electron chi connectivity index (χ3n) is 3.00. The van der Waals surface area contributed by atoms with Gasteiger partial charge in [-0.05, 0) is 40.2 Å². The van der Waals surface area contributed by atoms with Crippen molar-refractivity contribution in [1.82, 2.24) is 10.2 Å². The maximum Gasteiger partial charge on any atom is 0.156 e. The minimum atomic E-state index is 0.409. The van der Waals surface area contributed by atoms with Crippen molar-refractivity contribution in [2.24, 2.45) is 5.73 Å². The second-order valence-electron chi connectivity index (χ2n) is 4.30. The molecule has 0 saturated heterocycles. The second kappa shape index (κ2) is 5.25. The van der Waals surface area contributed by atoms with E-state index in [1.54, 1.807) is 0 Å². The first-order valence-electron chi connectivity index (χ1n) is 5.82. The van der Waals surface area contributed by atoms with Gasteiger partial charge in [0, 0.05) is 24.7 Å². The summed E-state index contributed by atoms with van der Waals surface area (Å²) in [4.78, 5) is 2.22. The first-order valence-corrected chi connectivity index (χ1v) is 5.82. The van der Waals surface area contributed by atoms with Crippen LogP contribution in [0.2, 0.25) is 0 Å². The molecule has 4 heteroatoms. The van der Waals surface area contributed by atoms with E-state index < -0.39 is 0 Å². The van der Waals surface area contributed by atoms with Crippen LogP contribution >= 0.6 is 0 Å². The zero-order valence-corrected chi connectivity index (χ0v) is 10.9. The van der Waals surface area contributed by atoms with Gasteiger partial charge < -0.3 is 10.6 Å². The van der Waals surface area contributed by atoms with Crippen LogP contribution < -0.4 is 10.6 Å². The fourth-order valence-electron chi connectivity index (χ4n) is 1.88.